The zero-order valence-electron chi connectivity index (χ0n) is 12.2. The molecule has 21 heavy (non-hydrogen) atoms. The predicted octanol–water partition coefficient (Wildman–Crippen LogP) is 3.48. The van der Waals surface area contributed by atoms with Crippen LogP contribution in [0.15, 0.2) is 47.8 Å². The first-order valence-corrected chi connectivity index (χ1v) is 6.86. The average Bonchev–Trinajstić information content (AvgIpc) is 2.54. The van der Waals surface area contributed by atoms with E-state index in [9.17, 15) is 0 Å². The van der Waals surface area contributed by atoms with Gasteiger partial charge >= 0.3 is 0 Å². The number of para-hydroxylation sites is 1. The molecule has 5 nitrogen and oxygen atoms in total. The molecule has 2 rings (SSSR count). The molecular weight excluding hydrogens is 266 g/mol. The molecule has 0 radical (unpaired) electrons. The van der Waals surface area contributed by atoms with Gasteiger partial charge in [-0.1, -0.05) is 37.2 Å². The third-order valence-electron chi connectivity index (χ3n) is 3.42. The maximum absolute atomic E-state index is 8.62. The highest BCUT2D eigenvalue weighted by Gasteiger charge is 2.11. The van der Waals surface area contributed by atoms with Crippen LogP contribution in [0, 0.1) is 0 Å². The smallest absolute Gasteiger partial charge is 0.219 e. The van der Waals surface area contributed by atoms with Gasteiger partial charge in [0.2, 0.25) is 5.88 Å². The van der Waals surface area contributed by atoms with Crippen molar-refractivity contribution in [2.75, 3.05) is 0 Å². The molecule has 2 aromatic rings. The molecule has 1 unspecified atom stereocenters. The maximum atomic E-state index is 8.62. The Morgan fingerprint density at radius 2 is 2.10 bits per heavy atom. The minimum Gasteiger partial charge on any atom is -0.439 e. The van der Waals surface area contributed by atoms with Crippen LogP contribution in [-0.2, 0) is 0 Å². The van der Waals surface area contributed by atoms with E-state index in [1.165, 1.54) is 6.20 Å². The van der Waals surface area contributed by atoms with E-state index in [1.54, 1.807) is 12.1 Å². The fourth-order valence-electron chi connectivity index (χ4n) is 1.96. The highest BCUT2D eigenvalue weighted by atomic mass is 16.5. The number of hydrogen-bond acceptors (Lipinski definition) is 4. The fourth-order valence-corrected chi connectivity index (χ4v) is 1.96. The molecule has 1 aromatic carbocycles. The minimum atomic E-state index is 0.0223. The second kappa shape index (κ2) is 6.74. The van der Waals surface area contributed by atoms with E-state index in [-0.39, 0.29) is 5.84 Å². The van der Waals surface area contributed by atoms with Crippen molar-refractivity contribution in [2.45, 2.75) is 26.2 Å². The number of pyridine rings is 1. The number of oxime groups is 1. The molecule has 0 amide bonds. The Balaban J connectivity index is 2.23. The summed E-state index contributed by atoms with van der Waals surface area (Å²) in [6, 6.07) is 11.3. The van der Waals surface area contributed by atoms with E-state index < -0.39 is 0 Å². The summed E-state index contributed by atoms with van der Waals surface area (Å²) in [5.41, 5.74) is 7.19. The topological polar surface area (TPSA) is 80.7 Å². The van der Waals surface area contributed by atoms with E-state index in [2.05, 4.69) is 30.1 Å². The summed E-state index contributed by atoms with van der Waals surface area (Å²) in [7, 11) is 0. The van der Waals surface area contributed by atoms with Crippen molar-refractivity contribution >= 4 is 5.84 Å². The van der Waals surface area contributed by atoms with Crippen molar-refractivity contribution in [3.05, 3.63) is 53.7 Å². The lowest BCUT2D eigenvalue weighted by atomic mass is 9.98. The van der Waals surface area contributed by atoms with E-state index in [1.807, 2.05) is 18.2 Å². The lowest BCUT2D eigenvalue weighted by Gasteiger charge is -2.14. The van der Waals surface area contributed by atoms with Gasteiger partial charge in [0.1, 0.15) is 5.75 Å². The second-order valence-electron chi connectivity index (χ2n) is 4.82. The lowest BCUT2D eigenvalue weighted by Crippen LogP contribution is -2.13. The molecule has 110 valence electrons. The van der Waals surface area contributed by atoms with Gasteiger partial charge in [0.15, 0.2) is 5.84 Å². The van der Waals surface area contributed by atoms with E-state index in [4.69, 9.17) is 15.7 Å². The van der Waals surface area contributed by atoms with Gasteiger partial charge in [0.25, 0.3) is 0 Å². The summed E-state index contributed by atoms with van der Waals surface area (Å²) in [5, 5.41) is 11.6. The van der Waals surface area contributed by atoms with Crippen molar-refractivity contribution < 1.29 is 9.94 Å². The van der Waals surface area contributed by atoms with Crippen LogP contribution in [0.4, 0.5) is 0 Å². The van der Waals surface area contributed by atoms with Crippen molar-refractivity contribution in [3.63, 3.8) is 0 Å². The molecule has 1 heterocycles. The average molecular weight is 285 g/mol. The molecule has 5 heteroatoms. The first kappa shape index (κ1) is 14.8. The van der Waals surface area contributed by atoms with Gasteiger partial charge in [0, 0.05) is 17.8 Å². The van der Waals surface area contributed by atoms with E-state index in [0.717, 1.165) is 17.7 Å². The molecule has 0 bridgehead atoms. The zero-order valence-corrected chi connectivity index (χ0v) is 12.2. The molecular formula is C16H19N3O2. The molecule has 1 aromatic heterocycles. The Morgan fingerprint density at radius 3 is 2.71 bits per heavy atom. The summed E-state index contributed by atoms with van der Waals surface area (Å²) in [4.78, 5) is 4.18. The quantitative estimate of drug-likeness (QED) is 0.381. The van der Waals surface area contributed by atoms with Crippen LogP contribution < -0.4 is 10.5 Å². The summed E-state index contributed by atoms with van der Waals surface area (Å²) >= 11 is 0. The summed E-state index contributed by atoms with van der Waals surface area (Å²) in [5.74, 6) is 1.71. The highest BCUT2D eigenvalue weighted by molar-refractivity contribution is 5.96. The number of nitrogens with two attached hydrogens (primary N) is 1. The first-order valence-electron chi connectivity index (χ1n) is 6.86. The van der Waals surface area contributed by atoms with Gasteiger partial charge < -0.3 is 15.7 Å². The Bertz CT molecular complexity index is 624. The number of rotatable bonds is 5. The molecule has 0 fully saturated rings. The third-order valence-corrected chi connectivity index (χ3v) is 3.42. The van der Waals surface area contributed by atoms with Crippen LogP contribution in [-0.4, -0.2) is 16.0 Å². The van der Waals surface area contributed by atoms with Gasteiger partial charge in [-0.25, -0.2) is 4.98 Å². The number of nitrogens with zero attached hydrogens (tertiary/aromatic N) is 2. The second-order valence-corrected chi connectivity index (χ2v) is 4.82. The SMILES string of the molecule is CCC(C)c1ccccc1Oc1ccc(/C(N)=N/O)cn1. The fraction of sp³-hybridized carbons (Fsp3) is 0.250. The maximum Gasteiger partial charge on any atom is 0.219 e. The summed E-state index contributed by atoms with van der Waals surface area (Å²) in [6.45, 7) is 4.31. The van der Waals surface area contributed by atoms with Gasteiger partial charge in [-0.3, -0.25) is 0 Å². The van der Waals surface area contributed by atoms with Gasteiger partial charge in [-0.2, -0.15) is 0 Å². The Kier molecular flexibility index (Phi) is 4.77. The van der Waals surface area contributed by atoms with Crippen molar-refractivity contribution in [3.8, 4) is 11.6 Å². The zero-order chi connectivity index (χ0) is 15.2. The number of aromatic nitrogens is 1. The van der Waals surface area contributed by atoms with Crippen LogP contribution in [0.2, 0.25) is 0 Å². The molecule has 0 aliphatic rings. The molecule has 0 spiro atoms. The van der Waals surface area contributed by atoms with Crippen molar-refractivity contribution in [1.82, 2.24) is 4.98 Å². The molecule has 0 aliphatic carbocycles. The van der Waals surface area contributed by atoms with Crippen LogP contribution in [0.5, 0.6) is 11.6 Å². The Labute approximate surface area is 124 Å². The number of amidine groups is 1. The standard InChI is InChI=1S/C16H19N3O2/c1-3-11(2)13-6-4-5-7-14(13)21-15-9-8-12(10-18-15)16(17)19-20/h4-11,20H,3H2,1-2H3,(H2,17,19). The minimum absolute atomic E-state index is 0.0223. The Hall–Kier alpha value is -2.56. The normalized spacial score (nSPS) is 13.0. The van der Waals surface area contributed by atoms with E-state index in [0.29, 0.717) is 17.4 Å². The van der Waals surface area contributed by atoms with Gasteiger partial charge in [0.05, 0.1) is 0 Å². The molecule has 0 saturated heterocycles. The summed E-state index contributed by atoms with van der Waals surface area (Å²) < 4.78 is 5.85. The van der Waals surface area contributed by atoms with Crippen LogP contribution in [0.3, 0.4) is 0 Å². The third kappa shape index (κ3) is 3.51. The van der Waals surface area contributed by atoms with Gasteiger partial charge in [-0.05, 0) is 30.0 Å². The van der Waals surface area contributed by atoms with Crippen molar-refractivity contribution in [1.29, 1.82) is 0 Å². The van der Waals surface area contributed by atoms with Gasteiger partial charge in [-0.15, -0.1) is 0 Å². The predicted molar refractivity (Wildman–Crippen MR) is 82.0 cm³/mol. The molecule has 3 N–H and O–H groups in total. The molecule has 0 saturated carbocycles. The lowest BCUT2D eigenvalue weighted by molar-refractivity contribution is 0.318. The summed E-state index contributed by atoms with van der Waals surface area (Å²) in [6.07, 6.45) is 2.55. The molecule has 0 aliphatic heterocycles. The number of hydrogen-bond donors (Lipinski definition) is 2. The van der Waals surface area contributed by atoms with Crippen LogP contribution >= 0.6 is 0 Å². The molecule has 1 atom stereocenters. The highest BCUT2D eigenvalue weighted by Crippen LogP contribution is 2.31. The van der Waals surface area contributed by atoms with Crippen LogP contribution in [0.25, 0.3) is 0 Å². The number of ether oxygens (including phenoxy) is 1. The van der Waals surface area contributed by atoms with E-state index >= 15 is 0 Å². The first-order chi connectivity index (χ1) is 10.2. The Morgan fingerprint density at radius 1 is 1.33 bits per heavy atom. The number of benzene rings is 1. The van der Waals surface area contributed by atoms with Crippen molar-refractivity contribution in [2.24, 2.45) is 10.9 Å². The largest absolute Gasteiger partial charge is 0.439 e. The monoisotopic (exact) mass is 285 g/mol. The van der Waals surface area contributed by atoms with Crippen LogP contribution in [0.1, 0.15) is 37.3 Å².